The lowest BCUT2D eigenvalue weighted by Crippen LogP contribution is -2.56. The molecule has 1 aromatic carbocycles. The summed E-state index contributed by atoms with van der Waals surface area (Å²) in [7, 11) is 5.98. The zero-order chi connectivity index (χ0) is 25.6. The number of ether oxygens (including phenoxy) is 2. The molecule has 1 aromatic rings. The molecule has 0 unspecified atom stereocenters. The number of methoxy groups -OCH3 is 1. The van der Waals surface area contributed by atoms with Gasteiger partial charge in [0.2, 0.25) is 5.91 Å². The highest BCUT2D eigenvalue weighted by Gasteiger charge is 2.55. The van der Waals surface area contributed by atoms with Gasteiger partial charge >= 0.3 is 6.03 Å². The maximum Gasteiger partial charge on any atom is 0.321 e. The summed E-state index contributed by atoms with van der Waals surface area (Å²) in [5.41, 5.74) is 1.14. The van der Waals surface area contributed by atoms with Gasteiger partial charge in [-0.2, -0.15) is 0 Å². The third-order valence-corrected chi connectivity index (χ3v) is 8.73. The van der Waals surface area contributed by atoms with Gasteiger partial charge in [-0.1, -0.05) is 36.8 Å². The van der Waals surface area contributed by atoms with Crippen LogP contribution in [-0.4, -0.2) is 99.4 Å². The summed E-state index contributed by atoms with van der Waals surface area (Å²) in [6.45, 7) is 3.48. The summed E-state index contributed by atoms with van der Waals surface area (Å²) >= 11 is 0. The number of nitrogens with one attached hydrogen (secondary N) is 1. The van der Waals surface area contributed by atoms with Crippen molar-refractivity contribution in [2.45, 2.75) is 56.0 Å². The predicted octanol–water partition coefficient (Wildman–Crippen LogP) is 3.07. The quantitative estimate of drug-likeness (QED) is 0.447. The highest BCUT2D eigenvalue weighted by atomic mass is 16.5. The van der Waals surface area contributed by atoms with Gasteiger partial charge in [-0.25, -0.2) is 4.79 Å². The average Bonchev–Trinajstić information content (AvgIpc) is 3.09. The van der Waals surface area contributed by atoms with Crippen LogP contribution in [0, 0.1) is 5.92 Å². The Morgan fingerprint density at radius 2 is 1.81 bits per heavy atom. The van der Waals surface area contributed by atoms with Crippen LogP contribution in [0.1, 0.15) is 50.5 Å². The number of amides is 3. The van der Waals surface area contributed by atoms with E-state index >= 15 is 0 Å². The lowest BCUT2D eigenvalue weighted by Gasteiger charge is -2.51. The Morgan fingerprint density at radius 3 is 2.42 bits per heavy atom. The van der Waals surface area contributed by atoms with Gasteiger partial charge in [-0.05, 0) is 64.1 Å². The molecule has 8 nitrogen and oxygen atoms in total. The number of carbonyl (C=O) groups is 2. The first kappa shape index (κ1) is 26.9. The molecule has 3 aliphatic rings. The van der Waals surface area contributed by atoms with Crippen molar-refractivity contribution < 1.29 is 19.1 Å². The SMILES string of the molecule is COCCOCCNC(=O)CN1C[C@]2(CC[C@](c3ccccc3)(N(C)C)CC2)N(CC2CCC2)C1=O. The minimum absolute atomic E-state index is 0.0225. The van der Waals surface area contributed by atoms with Crippen molar-refractivity contribution >= 4 is 11.9 Å². The van der Waals surface area contributed by atoms with Crippen molar-refractivity contribution in [2.75, 3.05) is 67.2 Å². The standard InChI is InChI=1S/C28H44N4O4/c1-30(2)28(24-10-5-4-6-11-24)14-12-27(13-15-28)22-31(26(34)32(27)20-23-8-7-9-23)21-25(33)29-16-17-36-19-18-35-3/h4-6,10-11,23H,7-9,12-22H2,1-3H3,(H,29,33)/t27-,28+. The van der Waals surface area contributed by atoms with E-state index in [-0.39, 0.29) is 29.6 Å². The van der Waals surface area contributed by atoms with Crippen LogP contribution in [0.3, 0.4) is 0 Å². The minimum Gasteiger partial charge on any atom is -0.382 e. The molecule has 0 aromatic heterocycles. The highest BCUT2D eigenvalue weighted by Crippen LogP contribution is 2.49. The van der Waals surface area contributed by atoms with Crippen molar-refractivity contribution in [1.29, 1.82) is 0 Å². The molecule has 0 bridgehead atoms. The smallest absolute Gasteiger partial charge is 0.321 e. The Morgan fingerprint density at radius 1 is 1.08 bits per heavy atom. The van der Waals surface area contributed by atoms with E-state index in [1.54, 1.807) is 12.0 Å². The summed E-state index contributed by atoms with van der Waals surface area (Å²) in [4.78, 5) is 32.6. The van der Waals surface area contributed by atoms with E-state index in [1.807, 2.05) is 0 Å². The van der Waals surface area contributed by atoms with Gasteiger partial charge in [0.15, 0.2) is 0 Å². The van der Waals surface area contributed by atoms with E-state index in [0.29, 0.717) is 38.8 Å². The normalized spacial score (nSPS) is 26.6. The summed E-state index contributed by atoms with van der Waals surface area (Å²) in [5, 5.41) is 2.90. The van der Waals surface area contributed by atoms with Gasteiger partial charge in [-0.15, -0.1) is 0 Å². The molecule has 200 valence electrons. The topological polar surface area (TPSA) is 74.4 Å². The van der Waals surface area contributed by atoms with E-state index < -0.39 is 0 Å². The van der Waals surface area contributed by atoms with Crippen molar-refractivity contribution in [2.24, 2.45) is 5.92 Å². The Labute approximate surface area is 216 Å². The summed E-state index contributed by atoms with van der Waals surface area (Å²) in [6.07, 6.45) is 7.56. The highest BCUT2D eigenvalue weighted by molar-refractivity contribution is 5.86. The minimum atomic E-state index is -0.190. The zero-order valence-electron chi connectivity index (χ0n) is 22.3. The summed E-state index contributed by atoms with van der Waals surface area (Å²) < 4.78 is 10.4. The van der Waals surface area contributed by atoms with Crippen molar-refractivity contribution in [1.82, 2.24) is 20.0 Å². The fourth-order valence-corrected chi connectivity index (χ4v) is 6.25. The predicted molar refractivity (Wildman–Crippen MR) is 140 cm³/mol. The number of nitrogens with zero attached hydrogens (tertiary/aromatic N) is 3. The van der Waals surface area contributed by atoms with Crippen molar-refractivity contribution in [3.8, 4) is 0 Å². The number of hydrogen-bond acceptors (Lipinski definition) is 5. The molecule has 1 heterocycles. The van der Waals surface area contributed by atoms with Crippen LogP contribution in [0.2, 0.25) is 0 Å². The first-order valence-electron chi connectivity index (χ1n) is 13.5. The second kappa shape index (κ2) is 11.9. The molecule has 2 aliphatic carbocycles. The largest absolute Gasteiger partial charge is 0.382 e. The van der Waals surface area contributed by atoms with E-state index in [2.05, 4.69) is 59.5 Å². The third kappa shape index (κ3) is 5.71. The van der Waals surface area contributed by atoms with Crippen LogP contribution in [0.4, 0.5) is 4.79 Å². The van der Waals surface area contributed by atoms with Gasteiger partial charge in [0.1, 0.15) is 6.54 Å². The lowest BCUT2D eigenvalue weighted by molar-refractivity contribution is -0.121. The number of rotatable bonds is 12. The second-order valence-electron chi connectivity index (χ2n) is 11.0. The third-order valence-electron chi connectivity index (χ3n) is 8.73. The molecule has 36 heavy (non-hydrogen) atoms. The maximum atomic E-state index is 13.6. The zero-order valence-corrected chi connectivity index (χ0v) is 22.3. The van der Waals surface area contributed by atoms with Crippen LogP contribution in [-0.2, 0) is 19.8 Å². The molecule has 1 aliphatic heterocycles. The summed E-state index contributed by atoms with van der Waals surface area (Å²) in [6, 6.07) is 10.8. The number of benzene rings is 1. The van der Waals surface area contributed by atoms with Crippen LogP contribution in [0.5, 0.6) is 0 Å². The summed E-state index contributed by atoms with van der Waals surface area (Å²) in [5.74, 6) is 0.473. The molecule has 3 fully saturated rings. The average molecular weight is 501 g/mol. The van der Waals surface area contributed by atoms with Crippen molar-refractivity contribution in [3.05, 3.63) is 35.9 Å². The van der Waals surface area contributed by atoms with Gasteiger partial charge in [0.25, 0.3) is 0 Å². The number of hydrogen-bond donors (Lipinski definition) is 1. The molecule has 3 amide bonds. The van der Waals surface area contributed by atoms with Crippen LogP contribution >= 0.6 is 0 Å². The molecular weight excluding hydrogens is 456 g/mol. The maximum absolute atomic E-state index is 13.6. The molecule has 1 spiro atoms. The monoisotopic (exact) mass is 500 g/mol. The second-order valence-corrected chi connectivity index (χ2v) is 11.0. The van der Waals surface area contributed by atoms with Crippen LogP contribution in [0.25, 0.3) is 0 Å². The van der Waals surface area contributed by atoms with E-state index in [1.165, 1.54) is 24.8 Å². The Bertz CT molecular complexity index is 866. The van der Waals surface area contributed by atoms with Gasteiger partial charge in [-0.3, -0.25) is 9.69 Å². The van der Waals surface area contributed by atoms with Crippen LogP contribution in [0.15, 0.2) is 30.3 Å². The molecule has 1 N–H and O–H groups in total. The fourth-order valence-electron chi connectivity index (χ4n) is 6.25. The molecule has 0 atom stereocenters. The molecular formula is C28H44N4O4. The van der Waals surface area contributed by atoms with Crippen molar-refractivity contribution in [3.63, 3.8) is 0 Å². The Hall–Kier alpha value is -2.16. The first-order chi connectivity index (χ1) is 17.4. The molecule has 4 rings (SSSR count). The molecule has 8 heteroatoms. The molecule has 0 radical (unpaired) electrons. The lowest BCUT2D eigenvalue weighted by atomic mass is 9.68. The fraction of sp³-hybridized carbons (Fsp3) is 0.714. The molecule has 1 saturated heterocycles. The number of carbonyl (C=O) groups excluding carboxylic acids is 2. The first-order valence-corrected chi connectivity index (χ1v) is 13.5. The Balaban J connectivity index is 1.42. The Kier molecular flexibility index (Phi) is 8.91. The van der Waals surface area contributed by atoms with E-state index in [4.69, 9.17) is 9.47 Å². The van der Waals surface area contributed by atoms with Gasteiger partial charge < -0.3 is 24.6 Å². The van der Waals surface area contributed by atoms with Gasteiger partial charge in [0.05, 0.1) is 25.4 Å². The number of urea groups is 1. The van der Waals surface area contributed by atoms with Gasteiger partial charge in [0, 0.05) is 32.3 Å². The molecule has 2 saturated carbocycles. The van der Waals surface area contributed by atoms with E-state index in [0.717, 1.165) is 32.2 Å². The van der Waals surface area contributed by atoms with E-state index in [9.17, 15) is 9.59 Å². The van der Waals surface area contributed by atoms with Crippen LogP contribution < -0.4 is 5.32 Å².